The second-order valence-electron chi connectivity index (χ2n) is 8.89. The van der Waals surface area contributed by atoms with Gasteiger partial charge >= 0.3 is 0 Å². The normalized spacial score (nSPS) is 12.9. The van der Waals surface area contributed by atoms with Gasteiger partial charge in [-0.1, -0.05) is 36.2 Å². The van der Waals surface area contributed by atoms with Crippen molar-refractivity contribution < 1.29 is 22.7 Å². The zero-order valence-corrected chi connectivity index (χ0v) is 24.2. The van der Waals surface area contributed by atoms with Gasteiger partial charge in [0.15, 0.2) is 0 Å². The number of methoxy groups -OCH3 is 1. The van der Waals surface area contributed by atoms with Gasteiger partial charge < -0.3 is 15.0 Å². The van der Waals surface area contributed by atoms with Crippen molar-refractivity contribution in [2.45, 2.75) is 58.7 Å². The van der Waals surface area contributed by atoms with Crippen molar-refractivity contribution in [3.8, 4) is 5.75 Å². The Morgan fingerprint density at radius 1 is 1.08 bits per heavy atom. The average molecular weight is 573 g/mol. The summed E-state index contributed by atoms with van der Waals surface area (Å²) in [4.78, 5) is 27.7. The number of nitrogens with one attached hydrogen (secondary N) is 1. The number of benzene rings is 2. The number of anilines is 1. The van der Waals surface area contributed by atoms with Crippen LogP contribution in [0.15, 0.2) is 42.5 Å². The van der Waals surface area contributed by atoms with E-state index in [-0.39, 0.29) is 43.8 Å². The van der Waals surface area contributed by atoms with Gasteiger partial charge in [0, 0.05) is 35.6 Å². The van der Waals surface area contributed by atoms with E-state index in [4.69, 9.17) is 27.9 Å². The number of carbonyl (C=O) groups excluding carboxylic acids is 2. The van der Waals surface area contributed by atoms with E-state index < -0.39 is 16.1 Å². The van der Waals surface area contributed by atoms with Gasteiger partial charge in [-0.2, -0.15) is 0 Å². The van der Waals surface area contributed by atoms with E-state index in [1.807, 2.05) is 13.8 Å². The topological polar surface area (TPSA) is 96.0 Å². The van der Waals surface area contributed by atoms with Crippen molar-refractivity contribution in [3.05, 3.63) is 58.1 Å². The van der Waals surface area contributed by atoms with Crippen LogP contribution in [0.4, 0.5) is 5.69 Å². The fourth-order valence-electron chi connectivity index (χ4n) is 3.63. The van der Waals surface area contributed by atoms with Crippen LogP contribution in [0.5, 0.6) is 5.75 Å². The maximum absolute atomic E-state index is 13.4. The van der Waals surface area contributed by atoms with Gasteiger partial charge in [-0.15, -0.1) is 0 Å². The first-order valence-electron chi connectivity index (χ1n) is 12.0. The summed E-state index contributed by atoms with van der Waals surface area (Å²) in [6.45, 7) is 5.73. The van der Waals surface area contributed by atoms with Crippen LogP contribution in [-0.2, 0) is 26.2 Å². The summed E-state index contributed by atoms with van der Waals surface area (Å²) in [5, 5.41) is 3.77. The Morgan fingerprint density at radius 2 is 1.73 bits per heavy atom. The molecule has 0 aromatic heterocycles. The van der Waals surface area contributed by atoms with E-state index in [1.165, 1.54) is 16.3 Å². The molecule has 0 aliphatic carbocycles. The minimum atomic E-state index is -3.59. The summed E-state index contributed by atoms with van der Waals surface area (Å²) in [6.07, 6.45) is 2.16. The molecule has 0 aliphatic rings. The predicted molar refractivity (Wildman–Crippen MR) is 149 cm³/mol. The average Bonchev–Trinajstić information content (AvgIpc) is 2.84. The molecule has 2 aromatic carbocycles. The molecular formula is C26H35Cl2N3O5S. The monoisotopic (exact) mass is 571 g/mol. The van der Waals surface area contributed by atoms with Crippen molar-refractivity contribution >= 4 is 50.7 Å². The van der Waals surface area contributed by atoms with Crippen molar-refractivity contribution in [3.63, 3.8) is 0 Å². The van der Waals surface area contributed by atoms with Crippen LogP contribution in [0.25, 0.3) is 0 Å². The zero-order chi connectivity index (χ0) is 27.8. The van der Waals surface area contributed by atoms with Crippen LogP contribution >= 0.6 is 23.2 Å². The van der Waals surface area contributed by atoms with Crippen molar-refractivity contribution in [1.29, 1.82) is 0 Å². The Balaban J connectivity index is 2.20. The lowest BCUT2D eigenvalue weighted by atomic mass is 10.1. The summed E-state index contributed by atoms with van der Waals surface area (Å²) in [6, 6.07) is 10.8. The third kappa shape index (κ3) is 9.09. The number of rotatable bonds is 13. The molecule has 0 bridgehead atoms. The summed E-state index contributed by atoms with van der Waals surface area (Å²) in [5.41, 5.74) is 1.13. The Morgan fingerprint density at radius 3 is 2.27 bits per heavy atom. The number of hydrogen-bond donors (Lipinski definition) is 1. The molecule has 2 atom stereocenters. The number of amides is 2. The van der Waals surface area contributed by atoms with Gasteiger partial charge in [0.25, 0.3) is 0 Å². The first-order chi connectivity index (χ1) is 17.4. The molecule has 0 aliphatic heterocycles. The van der Waals surface area contributed by atoms with Gasteiger partial charge in [0.05, 0.1) is 19.1 Å². The van der Waals surface area contributed by atoms with Gasteiger partial charge in [-0.05, 0) is 68.7 Å². The highest BCUT2D eigenvalue weighted by Gasteiger charge is 2.28. The molecule has 1 N–H and O–H groups in total. The summed E-state index contributed by atoms with van der Waals surface area (Å²) < 4.78 is 31.3. The molecule has 2 aromatic rings. The predicted octanol–water partition coefficient (Wildman–Crippen LogP) is 4.88. The summed E-state index contributed by atoms with van der Waals surface area (Å²) >= 11 is 12.4. The molecule has 8 nitrogen and oxygen atoms in total. The molecule has 0 radical (unpaired) electrons. The molecule has 0 saturated carbocycles. The smallest absolute Gasteiger partial charge is 0.242 e. The van der Waals surface area contributed by atoms with Crippen LogP contribution < -0.4 is 14.4 Å². The first-order valence-corrected chi connectivity index (χ1v) is 14.6. The standard InChI is InChI=1S/C26H35Cl2N3O5S/c1-6-18(2)29-26(33)19(3)30(17-20-9-10-21(27)16-24(20)28)25(32)8-7-15-31(37(5,34)35)22-11-13-23(36-4)14-12-22/h9-14,16,18-19H,6-8,15,17H2,1-5H3,(H,29,33)/t18-,19+/m1/s1. The highest BCUT2D eigenvalue weighted by atomic mass is 35.5. The Bertz CT molecular complexity index is 1180. The van der Waals surface area contributed by atoms with E-state index in [1.54, 1.807) is 49.4 Å². The van der Waals surface area contributed by atoms with E-state index in [0.717, 1.165) is 12.7 Å². The van der Waals surface area contributed by atoms with Crippen molar-refractivity contribution in [1.82, 2.24) is 10.2 Å². The maximum atomic E-state index is 13.4. The maximum Gasteiger partial charge on any atom is 0.242 e. The molecule has 0 saturated heterocycles. The van der Waals surface area contributed by atoms with E-state index in [9.17, 15) is 18.0 Å². The van der Waals surface area contributed by atoms with E-state index in [0.29, 0.717) is 27.0 Å². The molecule has 37 heavy (non-hydrogen) atoms. The molecule has 2 rings (SSSR count). The van der Waals surface area contributed by atoms with Gasteiger partial charge in [-0.3, -0.25) is 13.9 Å². The number of nitrogens with zero attached hydrogens (tertiary/aromatic N) is 2. The third-order valence-electron chi connectivity index (χ3n) is 6.04. The Hall–Kier alpha value is -2.49. The Labute approximate surface area is 229 Å². The lowest BCUT2D eigenvalue weighted by molar-refractivity contribution is -0.140. The fraction of sp³-hybridized carbons (Fsp3) is 0.462. The Kier molecular flexibility index (Phi) is 11.5. The molecule has 0 fully saturated rings. The SMILES string of the molecule is CC[C@@H](C)NC(=O)[C@H](C)N(Cc1ccc(Cl)cc1Cl)C(=O)CCCN(c1ccc(OC)cc1)S(C)(=O)=O. The van der Waals surface area contributed by atoms with Crippen molar-refractivity contribution in [2.24, 2.45) is 0 Å². The van der Waals surface area contributed by atoms with Gasteiger partial charge in [-0.25, -0.2) is 8.42 Å². The fourth-order valence-corrected chi connectivity index (χ4v) is 5.07. The van der Waals surface area contributed by atoms with E-state index in [2.05, 4.69) is 5.32 Å². The summed E-state index contributed by atoms with van der Waals surface area (Å²) in [5.74, 6) is 0.0401. The molecule has 11 heteroatoms. The minimum absolute atomic E-state index is 0.0360. The molecular weight excluding hydrogens is 537 g/mol. The number of sulfonamides is 1. The highest BCUT2D eigenvalue weighted by molar-refractivity contribution is 7.92. The van der Waals surface area contributed by atoms with Gasteiger partial charge in [0.2, 0.25) is 21.8 Å². The highest BCUT2D eigenvalue weighted by Crippen LogP contribution is 2.25. The molecule has 0 unspecified atom stereocenters. The van der Waals surface area contributed by atoms with Gasteiger partial charge in [0.1, 0.15) is 11.8 Å². The minimum Gasteiger partial charge on any atom is -0.497 e. The largest absolute Gasteiger partial charge is 0.497 e. The van der Waals surface area contributed by atoms with Crippen LogP contribution in [0.3, 0.4) is 0 Å². The second-order valence-corrected chi connectivity index (χ2v) is 11.6. The zero-order valence-electron chi connectivity index (χ0n) is 21.8. The first kappa shape index (κ1) is 30.7. The number of halogens is 2. The van der Waals surface area contributed by atoms with Crippen molar-refractivity contribution in [2.75, 3.05) is 24.2 Å². The lowest BCUT2D eigenvalue weighted by Crippen LogP contribution is -2.49. The third-order valence-corrected chi connectivity index (χ3v) is 7.82. The number of ether oxygens (including phenoxy) is 1. The van der Waals surface area contributed by atoms with Crippen LogP contribution in [0.1, 0.15) is 45.6 Å². The number of carbonyl (C=O) groups is 2. The second kappa shape index (κ2) is 13.9. The number of hydrogen-bond acceptors (Lipinski definition) is 5. The van der Waals surface area contributed by atoms with E-state index >= 15 is 0 Å². The molecule has 0 spiro atoms. The molecule has 0 heterocycles. The molecule has 2 amide bonds. The van der Waals surface area contributed by atoms with Crippen LogP contribution in [-0.4, -0.2) is 57.1 Å². The van der Waals surface area contributed by atoms with Crippen LogP contribution in [0.2, 0.25) is 10.0 Å². The van der Waals surface area contributed by atoms with Crippen LogP contribution in [0, 0.1) is 0 Å². The quantitative estimate of drug-likeness (QED) is 0.369. The summed E-state index contributed by atoms with van der Waals surface area (Å²) in [7, 11) is -2.06. The molecule has 204 valence electrons. The lowest BCUT2D eigenvalue weighted by Gasteiger charge is -2.30.